The molecule has 2 fully saturated rings. The zero-order valence-electron chi connectivity index (χ0n) is 12.2. The van der Waals surface area contributed by atoms with Gasteiger partial charge in [-0.2, -0.15) is 0 Å². The summed E-state index contributed by atoms with van der Waals surface area (Å²) >= 11 is 0. The maximum atomic E-state index is 12.7. The van der Waals surface area contributed by atoms with Gasteiger partial charge in [0.15, 0.2) is 0 Å². The third-order valence-electron chi connectivity index (χ3n) is 4.89. The monoisotopic (exact) mass is 275 g/mol. The van der Waals surface area contributed by atoms with E-state index in [0.29, 0.717) is 11.8 Å². The number of carbonyl (C=O) groups is 1. The van der Waals surface area contributed by atoms with Crippen LogP contribution in [0.5, 0.6) is 0 Å². The topological polar surface area (TPSA) is 65.2 Å². The zero-order chi connectivity index (χ0) is 14.5. The van der Waals surface area contributed by atoms with Gasteiger partial charge in [-0.3, -0.25) is 9.59 Å². The molecule has 3 rings (SSSR count). The van der Waals surface area contributed by atoms with Crippen molar-refractivity contribution >= 4 is 5.91 Å². The number of pyridine rings is 1. The van der Waals surface area contributed by atoms with Gasteiger partial charge in [0.1, 0.15) is 5.56 Å². The van der Waals surface area contributed by atoms with Crippen LogP contribution in [0.3, 0.4) is 0 Å². The predicted octanol–water partition coefficient (Wildman–Crippen LogP) is 0.753. The lowest BCUT2D eigenvalue weighted by Gasteiger charge is -2.35. The van der Waals surface area contributed by atoms with Gasteiger partial charge in [-0.25, -0.2) is 0 Å². The Hall–Kier alpha value is -1.62. The molecule has 3 heterocycles. The number of H-pyrrole nitrogens is 1. The van der Waals surface area contributed by atoms with E-state index in [1.54, 1.807) is 12.1 Å². The van der Waals surface area contributed by atoms with E-state index in [-0.39, 0.29) is 22.6 Å². The minimum atomic E-state index is -0.291. The van der Waals surface area contributed by atoms with Gasteiger partial charge in [-0.05, 0) is 44.7 Å². The highest BCUT2D eigenvalue weighted by atomic mass is 16.2. The van der Waals surface area contributed by atoms with Crippen LogP contribution in [0.4, 0.5) is 0 Å². The Bertz CT molecular complexity index is 605. The van der Waals surface area contributed by atoms with Crippen LogP contribution in [0, 0.1) is 18.8 Å². The second-order valence-electron chi connectivity index (χ2n) is 6.48. The lowest BCUT2D eigenvalue weighted by Crippen LogP contribution is -2.48. The number of fused-ring (bicyclic) bond motifs is 1. The van der Waals surface area contributed by atoms with Crippen LogP contribution in [0.25, 0.3) is 0 Å². The van der Waals surface area contributed by atoms with Crippen molar-refractivity contribution in [3.8, 4) is 0 Å². The fourth-order valence-corrected chi connectivity index (χ4v) is 3.65. The van der Waals surface area contributed by atoms with Crippen LogP contribution < -0.4 is 10.9 Å². The quantitative estimate of drug-likeness (QED) is 0.795. The summed E-state index contributed by atoms with van der Waals surface area (Å²) in [6.07, 6.45) is 0. The standard InChI is InChI=1S/C15H21N3O2/c1-9-4-5-11(13(19)17-9)14(20)18-8-10-6-16-7-12(10)15(18,2)3/h4-5,10,12,16H,6-8H2,1-3H3,(H,17,19). The van der Waals surface area contributed by atoms with E-state index in [1.807, 2.05) is 11.8 Å². The summed E-state index contributed by atoms with van der Waals surface area (Å²) in [5, 5.41) is 3.39. The Morgan fingerprint density at radius 3 is 2.75 bits per heavy atom. The van der Waals surface area contributed by atoms with Gasteiger partial charge < -0.3 is 15.2 Å². The van der Waals surface area contributed by atoms with Gasteiger partial charge in [0.25, 0.3) is 11.5 Å². The molecule has 108 valence electrons. The lowest BCUT2D eigenvalue weighted by atomic mass is 9.84. The van der Waals surface area contributed by atoms with Gasteiger partial charge in [0.05, 0.1) is 0 Å². The summed E-state index contributed by atoms with van der Waals surface area (Å²) in [6.45, 7) is 8.66. The number of aromatic nitrogens is 1. The number of aryl methyl sites for hydroxylation is 1. The van der Waals surface area contributed by atoms with E-state index in [4.69, 9.17) is 0 Å². The average Bonchev–Trinajstić information content (AvgIpc) is 2.91. The van der Waals surface area contributed by atoms with Crippen LogP contribution >= 0.6 is 0 Å². The molecule has 2 aliphatic heterocycles. The number of amides is 1. The third kappa shape index (κ3) is 1.88. The normalized spacial score (nSPS) is 27.6. The largest absolute Gasteiger partial charge is 0.333 e. The molecular formula is C15H21N3O2. The van der Waals surface area contributed by atoms with Gasteiger partial charge >= 0.3 is 0 Å². The molecule has 1 aromatic heterocycles. The summed E-state index contributed by atoms with van der Waals surface area (Å²) in [6, 6.07) is 3.42. The van der Waals surface area contributed by atoms with E-state index < -0.39 is 0 Å². The highest BCUT2D eigenvalue weighted by molar-refractivity contribution is 5.94. The number of rotatable bonds is 1. The highest BCUT2D eigenvalue weighted by Gasteiger charge is 2.51. The van der Waals surface area contributed by atoms with Crippen LogP contribution in [0.1, 0.15) is 29.9 Å². The van der Waals surface area contributed by atoms with Gasteiger partial charge in [0, 0.05) is 30.9 Å². The first-order valence-corrected chi connectivity index (χ1v) is 7.14. The Morgan fingerprint density at radius 1 is 1.35 bits per heavy atom. The van der Waals surface area contributed by atoms with Gasteiger partial charge in [-0.1, -0.05) is 0 Å². The molecule has 0 spiro atoms. The zero-order valence-corrected chi connectivity index (χ0v) is 12.2. The molecule has 2 aliphatic rings. The maximum absolute atomic E-state index is 12.7. The molecule has 0 saturated carbocycles. The van der Waals surface area contributed by atoms with E-state index in [0.717, 1.165) is 25.3 Å². The van der Waals surface area contributed by atoms with Crippen LogP contribution in [0.15, 0.2) is 16.9 Å². The molecule has 2 atom stereocenters. The Balaban J connectivity index is 1.93. The van der Waals surface area contributed by atoms with Crippen molar-refractivity contribution in [3.63, 3.8) is 0 Å². The summed E-state index contributed by atoms with van der Waals surface area (Å²) in [5.41, 5.74) is 0.522. The van der Waals surface area contributed by atoms with E-state index in [1.165, 1.54) is 0 Å². The molecule has 2 saturated heterocycles. The first-order chi connectivity index (χ1) is 9.41. The van der Waals surface area contributed by atoms with Crippen molar-refractivity contribution < 1.29 is 4.79 Å². The number of likely N-dealkylation sites (tertiary alicyclic amines) is 1. The summed E-state index contributed by atoms with van der Waals surface area (Å²) in [4.78, 5) is 29.3. The molecule has 5 heteroatoms. The van der Waals surface area contributed by atoms with Crippen LogP contribution in [-0.2, 0) is 0 Å². The number of hydrogen-bond donors (Lipinski definition) is 2. The van der Waals surface area contributed by atoms with Crippen LogP contribution in [0.2, 0.25) is 0 Å². The number of hydrogen-bond acceptors (Lipinski definition) is 3. The summed E-state index contributed by atoms with van der Waals surface area (Å²) in [5.74, 6) is 0.820. The number of aromatic amines is 1. The smallest absolute Gasteiger partial charge is 0.260 e. The van der Waals surface area contributed by atoms with Gasteiger partial charge in [-0.15, -0.1) is 0 Å². The maximum Gasteiger partial charge on any atom is 0.260 e. The second kappa shape index (κ2) is 4.45. The summed E-state index contributed by atoms with van der Waals surface area (Å²) < 4.78 is 0. The predicted molar refractivity (Wildman–Crippen MR) is 76.8 cm³/mol. The second-order valence-corrected chi connectivity index (χ2v) is 6.48. The van der Waals surface area contributed by atoms with Crippen molar-refractivity contribution in [3.05, 3.63) is 33.7 Å². The first-order valence-electron chi connectivity index (χ1n) is 7.14. The molecule has 5 nitrogen and oxygen atoms in total. The molecular weight excluding hydrogens is 254 g/mol. The van der Waals surface area contributed by atoms with Crippen LogP contribution in [-0.4, -0.2) is 41.0 Å². The molecule has 2 N–H and O–H groups in total. The van der Waals surface area contributed by atoms with Crippen molar-refractivity contribution in [2.45, 2.75) is 26.3 Å². The van der Waals surface area contributed by atoms with Crippen molar-refractivity contribution in [1.29, 1.82) is 0 Å². The Labute approximate surface area is 118 Å². The Kier molecular flexibility index (Phi) is 2.97. The minimum Gasteiger partial charge on any atom is -0.333 e. The first kappa shape index (κ1) is 13.4. The molecule has 0 aliphatic carbocycles. The molecule has 20 heavy (non-hydrogen) atoms. The third-order valence-corrected chi connectivity index (χ3v) is 4.89. The molecule has 0 aromatic carbocycles. The molecule has 2 unspecified atom stereocenters. The van der Waals surface area contributed by atoms with Crippen molar-refractivity contribution in [2.75, 3.05) is 19.6 Å². The molecule has 1 aromatic rings. The van der Waals surface area contributed by atoms with Crippen molar-refractivity contribution in [1.82, 2.24) is 15.2 Å². The average molecular weight is 275 g/mol. The Morgan fingerprint density at radius 2 is 2.10 bits per heavy atom. The fraction of sp³-hybridized carbons (Fsp3) is 0.600. The number of nitrogens with zero attached hydrogens (tertiary/aromatic N) is 1. The molecule has 1 amide bonds. The van der Waals surface area contributed by atoms with E-state index in [2.05, 4.69) is 24.1 Å². The summed E-state index contributed by atoms with van der Waals surface area (Å²) in [7, 11) is 0. The number of nitrogens with one attached hydrogen (secondary N) is 2. The van der Waals surface area contributed by atoms with E-state index >= 15 is 0 Å². The minimum absolute atomic E-state index is 0.148. The highest BCUT2D eigenvalue weighted by Crippen LogP contribution is 2.40. The fourth-order valence-electron chi connectivity index (χ4n) is 3.65. The SMILES string of the molecule is Cc1ccc(C(=O)N2CC3CNCC3C2(C)C)c(=O)[nH]1. The number of carbonyl (C=O) groups excluding carboxylic acids is 1. The lowest BCUT2D eigenvalue weighted by molar-refractivity contribution is 0.0601. The van der Waals surface area contributed by atoms with Gasteiger partial charge in [0.2, 0.25) is 0 Å². The van der Waals surface area contributed by atoms with E-state index in [9.17, 15) is 9.59 Å². The van der Waals surface area contributed by atoms with Crippen molar-refractivity contribution in [2.24, 2.45) is 11.8 Å². The molecule has 0 bridgehead atoms. The molecule has 0 radical (unpaired) electrons.